The maximum atomic E-state index is 13.2. The van der Waals surface area contributed by atoms with E-state index in [0.29, 0.717) is 38.8 Å². The van der Waals surface area contributed by atoms with Gasteiger partial charge in [-0.1, -0.05) is 12.1 Å². The van der Waals surface area contributed by atoms with E-state index in [0.717, 1.165) is 42.6 Å². The number of ether oxygens (including phenoxy) is 2. The van der Waals surface area contributed by atoms with Crippen molar-refractivity contribution in [3.63, 3.8) is 0 Å². The Balaban J connectivity index is 1.25. The van der Waals surface area contributed by atoms with Crippen LogP contribution in [-0.4, -0.2) is 53.4 Å². The molecule has 0 radical (unpaired) electrons. The van der Waals surface area contributed by atoms with Gasteiger partial charge in [-0.25, -0.2) is 0 Å². The van der Waals surface area contributed by atoms with Crippen molar-refractivity contribution in [2.45, 2.75) is 104 Å². The van der Waals surface area contributed by atoms with Crippen LogP contribution in [0.1, 0.15) is 96.1 Å². The Hall–Kier alpha value is -2.90. The van der Waals surface area contributed by atoms with E-state index in [9.17, 15) is 19.2 Å². The highest BCUT2D eigenvalue weighted by molar-refractivity contribution is 6.00. The molecule has 1 aliphatic carbocycles. The zero-order valence-electron chi connectivity index (χ0n) is 23.4. The van der Waals surface area contributed by atoms with Crippen LogP contribution < -0.4 is 10.1 Å². The smallest absolute Gasteiger partial charge is 0.312 e. The van der Waals surface area contributed by atoms with Crippen LogP contribution in [0, 0.1) is 18.3 Å². The summed E-state index contributed by atoms with van der Waals surface area (Å²) >= 11 is 0. The van der Waals surface area contributed by atoms with E-state index in [2.05, 4.69) is 5.32 Å². The van der Waals surface area contributed by atoms with E-state index in [1.807, 2.05) is 57.7 Å². The average Bonchev–Trinajstić information content (AvgIpc) is 2.85. The van der Waals surface area contributed by atoms with Crippen LogP contribution >= 0.6 is 0 Å². The van der Waals surface area contributed by atoms with Crippen molar-refractivity contribution in [3.8, 4) is 5.75 Å². The number of rotatable bonds is 5. The lowest BCUT2D eigenvalue weighted by Gasteiger charge is -2.40. The number of carbonyl (C=O) groups excluding carboxylic acids is 4. The maximum absolute atomic E-state index is 13.2. The monoisotopic (exact) mass is 526 g/mol. The van der Waals surface area contributed by atoms with Crippen molar-refractivity contribution in [2.75, 3.05) is 13.1 Å². The molecule has 0 spiro atoms. The topological polar surface area (TPSA) is 102 Å². The molecule has 2 saturated heterocycles. The normalized spacial score (nSPS) is 25.9. The summed E-state index contributed by atoms with van der Waals surface area (Å²) in [4.78, 5) is 51.5. The molecule has 8 nitrogen and oxygen atoms in total. The van der Waals surface area contributed by atoms with Gasteiger partial charge in [-0.2, -0.15) is 0 Å². The molecule has 2 heterocycles. The molecule has 0 aromatic heterocycles. The quantitative estimate of drug-likeness (QED) is 0.450. The van der Waals surface area contributed by atoms with Crippen LogP contribution in [-0.2, 0) is 23.9 Å². The van der Waals surface area contributed by atoms with Crippen LogP contribution in [0.4, 0.5) is 0 Å². The Bertz CT molecular complexity index is 1070. The molecule has 2 aliphatic heterocycles. The van der Waals surface area contributed by atoms with Gasteiger partial charge in [0.15, 0.2) is 0 Å². The van der Waals surface area contributed by atoms with Crippen LogP contribution in [0.3, 0.4) is 0 Å². The van der Waals surface area contributed by atoms with Crippen LogP contribution in [0.5, 0.6) is 5.75 Å². The molecular formula is C30H42N2O6. The summed E-state index contributed by atoms with van der Waals surface area (Å²) in [6.07, 6.45) is 5.39. The summed E-state index contributed by atoms with van der Waals surface area (Å²) in [5, 5.41) is 2.42. The van der Waals surface area contributed by atoms with Gasteiger partial charge in [0.25, 0.3) is 0 Å². The minimum atomic E-state index is -0.540. The molecule has 3 fully saturated rings. The molecule has 1 N–H and O–H groups in total. The third-order valence-electron chi connectivity index (χ3n) is 8.23. The zero-order valence-corrected chi connectivity index (χ0v) is 23.4. The number of imide groups is 1. The van der Waals surface area contributed by atoms with Gasteiger partial charge in [-0.05, 0) is 96.8 Å². The van der Waals surface area contributed by atoms with Crippen LogP contribution in [0.15, 0.2) is 18.2 Å². The second-order valence-electron chi connectivity index (χ2n) is 12.5. The summed E-state index contributed by atoms with van der Waals surface area (Å²) in [7, 11) is 0. The van der Waals surface area contributed by atoms with E-state index < -0.39 is 11.0 Å². The van der Waals surface area contributed by atoms with E-state index in [-0.39, 0.29) is 41.6 Å². The molecule has 1 unspecified atom stereocenters. The lowest BCUT2D eigenvalue weighted by Crippen LogP contribution is -2.49. The highest BCUT2D eigenvalue weighted by Gasteiger charge is 2.42. The molecule has 38 heavy (non-hydrogen) atoms. The van der Waals surface area contributed by atoms with Gasteiger partial charge in [-0.15, -0.1) is 0 Å². The van der Waals surface area contributed by atoms with Gasteiger partial charge in [0.1, 0.15) is 11.4 Å². The van der Waals surface area contributed by atoms with Crippen molar-refractivity contribution in [2.24, 2.45) is 11.3 Å². The predicted octanol–water partition coefficient (Wildman–Crippen LogP) is 4.42. The molecule has 208 valence electrons. The fourth-order valence-corrected chi connectivity index (χ4v) is 5.72. The largest absolute Gasteiger partial charge is 0.490 e. The maximum Gasteiger partial charge on any atom is 0.312 e. The number of likely N-dealkylation sites (tertiary alicyclic amines) is 1. The first-order chi connectivity index (χ1) is 17.8. The van der Waals surface area contributed by atoms with Crippen molar-refractivity contribution in [1.29, 1.82) is 0 Å². The first-order valence-corrected chi connectivity index (χ1v) is 14.0. The number of nitrogens with zero attached hydrogens (tertiary/aromatic N) is 1. The fourth-order valence-electron chi connectivity index (χ4n) is 5.72. The number of carbonyl (C=O) groups is 4. The van der Waals surface area contributed by atoms with Crippen LogP contribution in [0.25, 0.3) is 0 Å². The standard InChI is InChI=1S/C30H42N2O6/c1-19-18-21(23-11-13-25(33)31-26(23)34)8-12-24(19)37-22-9-6-20(7-10-22)27(35)32-16-14-30(5,15-17-32)28(36)38-29(2,3)4/h8,12,18,20,22-23H,6-7,9-11,13-17H2,1-5H3,(H,31,33,34)/t20-,22-,23?. The molecule has 1 atom stereocenters. The average molecular weight is 527 g/mol. The van der Waals surface area contributed by atoms with Gasteiger partial charge in [0.2, 0.25) is 17.7 Å². The summed E-state index contributed by atoms with van der Waals surface area (Å²) in [5.74, 6) is 0.0652. The summed E-state index contributed by atoms with van der Waals surface area (Å²) in [6.45, 7) is 10.7. The Morgan fingerprint density at radius 2 is 1.68 bits per heavy atom. The Kier molecular flexibility index (Phi) is 8.19. The third kappa shape index (κ3) is 6.56. The van der Waals surface area contributed by atoms with Gasteiger partial charge in [0.05, 0.1) is 17.4 Å². The summed E-state index contributed by atoms with van der Waals surface area (Å²) < 4.78 is 11.9. The second kappa shape index (κ2) is 11.1. The summed E-state index contributed by atoms with van der Waals surface area (Å²) in [6, 6.07) is 5.81. The van der Waals surface area contributed by atoms with Crippen molar-refractivity contribution < 1.29 is 28.7 Å². The van der Waals surface area contributed by atoms with Crippen molar-refractivity contribution in [1.82, 2.24) is 10.2 Å². The molecule has 1 saturated carbocycles. The van der Waals surface area contributed by atoms with Gasteiger partial charge in [0, 0.05) is 25.4 Å². The first-order valence-electron chi connectivity index (χ1n) is 14.0. The van der Waals surface area contributed by atoms with Gasteiger partial charge < -0.3 is 14.4 Å². The minimum Gasteiger partial charge on any atom is -0.490 e. The molecule has 3 aliphatic rings. The number of aryl methyl sites for hydroxylation is 1. The Labute approximate surface area is 225 Å². The molecule has 1 aromatic rings. The molecule has 4 rings (SSSR count). The minimum absolute atomic E-state index is 0.00303. The molecule has 3 amide bonds. The highest BCUT2D eigenvalue weighted by atomic mass is 16.6. The van der Waals surface area contributed by atoms with Crippen molar-refractivity contribution in [3.05, 3.63) is 29.3 Å². The highest BCUT2D eigenvalue weighted by Crippen LogP contribution is 2.36. The number of amides is 3. The number of hydrogen-bond donors (Lipinski definition) is 1. The van der Waals surface area contributed by atoms with E-state index in [1.165, 1.54) is 0 Å². The molecule has 1 aromatic carbocycles. The molecular weight excluding hydrogens is 484 g/mol. The number of esters is 1. The molecule has 0 bridgehead atoms. The fraction of sp³-hybridized carbons (Fsp3) is 0.667. The van der Waals surface area contributed by atoms with Gasteiger partial charge >= 0.3 is 5.97 Å². The lowest BCUT2D eigenvalue weighted by molar-refractivity contribution is -0.171. The molecule has 8 heteroatoms. The third-order valence-corrected chi connectivity index (χ3v) is 8.23. The second-order valence-corrected chi connectivity index (χ2v) is 12.5. The first kappa shape index (κ1) is 28.1. The zero-order chi connectivity index (χ0) is 27.7. The van der Waals surface area contributed by atoms with Crippen molar-refractivity contribution >= 4 is 23.7 Å². The SMILES string of the molecule is Cc1cc(C2CCC(=O)NC2=O)ccc1O[C@H]1CC[C@H](C(=O)N2CCC(C)(C(=O)OC(C)(C)C)CC2)CC1. The van der Waals surface area contributed by atoms with E-state index in [1.54, 1.807) is 0 Å². The van der Waals surface area contributed by atoms with Gasteiger partial charge in [-0.3, -0.25) is 24.5 Å². The van der Waals surface area contributed by atoms with E-state index >= 15 is 0 Å². The summed E-state index contributed by atoms with van der Waals surface area (Å²) in [5.41, 5.74) is 0.813. The number of piperidine rings is 2. The number of benzene rings is 1. The van der Waals surface area contributed by atoms with E-state index in [4.69, 9.17) is 9.47 Å². The Morgan fingerprint density at radius 3 is 2.26 bits per heavy atom. The van der Waals surface area contributed by atoms with Crippen LogP contribution in [0.2, 0.25) is 0 Å². The predicted molar refractivity (Wildman–Crippen MR) is 142 cm³/mol. The number of nitrogens with one attached hydrogen (secondary N) is 1. The lowest BCUT2D eigenvalue weighted by atomic mass is 9.79. The number of hydrogen-bond acceptors (Lipinski definition) is 6. The Morgan fingerprint density at radius 1 is 1.03 bits per heavy atom.